The molecule has 4 heteroatoms. The highest BCUT2D eigenvalue weighted by molar-refractivity contribution is 5.90. The molecule has 21 heavy (non-hydrogen) atoms. The number of pyridine rings is 1. The van der Waals surface area contributed by atoms with E-state index in [0.29, 0.717) is 12.1 Å². The Labute approximate surface area is 125 Å². The van der Waals surface area contributed by atoms with Gasteiger partial charge in [-0.15, -0.1) is 0 Å². The molecule has 2 rings (SSSR count). The Morgan fingerprint density at radius 2 is 1.90 bits per heavy atom. The van der Waals surface area contributed by atoms with Crippen LogP contribution in [0.25, 0.3) is 0 Å². The minimum Gasteiger partial charge on any atom is -0.456 e. The molecule has 0 saturated heterocycles. The fourth-order valence-corrected chi connectivity index (χ4v) is 1.77. The largest absolute Gasteiger partial charge is 0.456 e. The van der Waals surface area contributed by atoms with Gasteiger partial charge in [0.1, 0.15) is 5.60 Å². The molecule has 0 radical (unpaired) electrons. The van der Waals surface area contributed by atoms with Crippen LogP contribution in [-0.2, 0) is 11.3 Å². The first kappa shape index (κ1) is 15.0. The van der Waals surface area contributed by atoms with Gasteiger partial charge in [-0.05, 0) is 56.7 Å². The zero-order chi connectivity index (χ0) is 15.3. The fourth-order valence-electron chi connectivity index (χ4n) is 1.77. The molecule has 110 valence electrons. The number of carbonyl (C=O) groups excluding carboxylic acids is 1. The van der Waals surface area contributed by atoms with Crippen molar-refractivity contribution >= 4 is 11.7 Å². The Balaban J connectivity index is 1.94. The molecule has 0 unspecified atom stereocenters. The van der Waals surface area contributed by atoms with Crippen LogP contribution in [0.15, 0.2) is 48.8 Å². The summed E-state index contributed by atoms with van der Waals surface area (Å²) in [5, 5.41) is 3.28. The van der Waals surface area contributed by atoms with E-state index in [0.717, 1.165) is 11.3 Å². The predicted octanol–water partition coefficient (Wildman–Crippen LogP) is 3.65. The average molecular weight is 284 g/mol. The Bertz CT molecular complexity index is 586. The van der Waals surface area contributed by atoms with Crippen molar-refractivity contribution in [2.75, 3.05) is 5.32 Å². The van der Waals surface area contributed by atoms with Gasteiger partial charge in [0.25, 0.3) is 0 Å². The van der Waals surface area contributed by atoms with Gasteiger partial charge in [-0.1, -0.05) is 6.07 Å². The van der Waals surface area contributed by atoms with Crippen molar-refractivity contribution in [3.05, 3.63) is 59.9 Å². The van der Waals surface area contributed by atoms with Gasteiger partial charge in [0.15, 0.2) is 0 Å². The van der Waals surface area contributed by atoms with E-state index in [-0.39, 0.29) is 5.97 Å². The number of ether oxygens (including phenoxy) is 1. The van der Waals surface area contributed by atoms with Crippen LogP contribution in [0.3, 0.4) is 0 Å². The lowest BCUT2D eigenvalue weighted by Crippen LogP contribution is -2.23. The second kappa shape index (κ2) is 6.39. The molecule has 0 atom stereocenters. The van der Waals surface area contributed by atoms with Crippen molar-refractivity contribution in [1.29, 1.82) is 0 Å². The standard InChI is InChI=1S/C17H20N2O2/c1-17(2,3)21-16(20)14-6-8-15(9-7-14)19-12-13-5-4-10-18-11-13/h4-11,19H,12H2,1-3H3. The Hall–Kier alpha value is -2.36. The average Bonchev–Trinajstić information content (AvgIpc) is 2.45. The molecule has 0 saturated carbocycles. The lowest BCUT2D eigenvalue weighted by Gasteiger charge is -2.19. The molecule has 2 aromatic rings. The van der Waals surface area contributed by atoms with E-state index in [1.165, 1.54) is 0 Å². The third-order valence-electron chi connectivity index (χ3n) is 2.74. The molecule has 1 N–H and O–H groups in total. The van der Waals surface area contributed by atoms with E-state index < -0.39 is 5.60 Å². The van der Waals surface area contributed by atoms with Crippen LogP contribution >= 0.6 is 0 Å². The van der Waals surface area contributed by atoms with Crippen molar-refractivity contribution < 1.29 is 9.53 Å². The smallest absolute Gasteiger partial charge is 0.338 e. The molecule has 4 nitrogen and oxygen atoms in total. The van der Waals surface area contributed by atoms with Crippen LogP contribution < -0.4 is 5.32 Å². The summed E-state index contributed by atoms with van der Waals surface area (Å²) in [4.78, 5) is 16.0. The van der Waals surface area contributed by atoms with E-state index in [9.17, 15) is 4.79 Å². The van der Waals surface area contributed by atoms with Crippen LogP contribution in [0.5, 0.6) is 0 Å². The monoisotopic (exact) mass is 284 g/mol. The number of esters is 1. The number of benzene rings is 1. The van der Waals surface area contributed by atoms with Crippen molar-refractivity contribution in [3.63, 3.8) is 0 Å². The van der Waals surface area contributed by atoms with Gasteiger partial charge in [-0.3, -0.25) is 4.98 Å². The predicted molar refractivity (Wildman–Crippen MR) is 83.2 cm³/mol. The summed E-state index contributed by atoms with van der Waals surface area (Å²) in [5.74, 6) is -0.304. The van der Waals surface area contributed by atoms with Crippen LogP contribution in [0, 0.1) is 0 Å². The quantitative estimate of drug-likeness (QED) is 0.871. The van der Waals surface area contributed by atoms with Gasteiger partial charge in [-0.25, -0.2) is 4.79 Å². The maximum absolute atomic E-state index is 11.9. The van der Waals surface area contributed by atoms with Gasteiger partial charge < -0.3 is 10.1 Å². The highest BCUT2D eigenvalue weighted by atomic mass is 16.6. The summed E-state index contributed by atoms with van der Waals surface area (Å²) in [7, 11) is 0. The van der Waals surface area contributed by atoms with Crippen LogP contribution in [0.4, 0.5) is 5.69 Å². The first-order valence-corrected chi connectivity index (χ1v) is 6.90. The third kappa shape index (κ3) is 4.91. The highest BCUT2D eigenvalue weighted by Gasteiger charge is 2.17. The van der Waals surface area contributed by atoms with Crippen LogP contribution in [0.2, 0.25) is 0 Å². The number of nitrogens with one attached hydrogen (secondary N) is 1. The van der Waals surface area contributed by atoms with Gasteiger partial charge in [-0.2, -0.15) is 0 Å². The summed E-state index contributed by atoms with van der Waals surface area (Å²) in [6.45, 7) is 6.26. The van der Waals surface area contributed by atoms with Crippen molar-refractivity contribution in [1.82, 2.24) is 4.98 Å². The van der Waals surface area contributed by atoms with E-state index in [4.69, 9.17) is 4.74 Å². The van der Waals surface area contributed by atoms with E-state index >= 15 is 0 Å². The first-order chi connectivity index (χ1) is 9.94. The number of hydrogen-bond acceptors (Lipinski definition) is 4. The van der Waals surface area contributed by atoms with E-state index in [1.54, 1.807) is 18.3 Å². The van der Waals surface area contributed by atoms with Gasteiger partial charge in [0.2, 0.25) is 0 Å². The van der Waals surface area contributed by atoms with E-state index in [2.05, 4.69) is 10.3 Å². The van der Waals surface area contributed by atoms with Crippen molar-refractivity contribution in [3.8, 4) is 0 Å². The van der Waals surface area contributed by atoms with Crippen LogP contribution in [-0.4, -0.2) is 16.6 Å². The zero-order valence-electron chi connectivity index (χ0n) is 12.6. The zero-order valence-corrected chi connectivity index (χ0v) is 12.6. The number of rotatable bonds is 4. The third-order valence-corrected chi connectivity index (χ3v) is 2.74. The minimum absolute atomic E-state index is 0.304. The number of carbonyl (C=O) groups is 1. The summed E-state index contributed by atoms with van der Waals surface area (Å²) < 4.78 is 5.33. The molecule has 0 amide bonds. The lowest BCUT2D eigenvalue weighted by molar-refractivity contribution is 0.00696. The normalized spacial score (nSPS) is 11.0. The highest BCUT2D eigenvalue weighted by Crippen LogP contribution is 2.15. The Morgan fingerprint density at radius 3 is 2.48 bits per heavy atom. The summed E-state index contributed by atoms with van der Waals surface area (Å²) >= 11 is 0. The van der Waals surface area contributed by atoms with Gasteiger partial charge >= 0.3 is 5.97 Å². The molecular weight excluding hydrogens is 264 g/mol. The molecule has 0 spiro atoms. The maximum Gasteiger partial charge on any atom is 0.338 e. The molecule has 0 aliphatic rings. The van der Waals surface area contributed by atoms with Crippen molar-refractivity contribution in [2.24, 2.45) is 0 Å². The van der Waals surface area contributed by atoms with E-state index in [1.807, 2.05) is 51.2 Å². The second-order valence-corrected chi connectivity index (χ2v) is 5.79. The summed E-state index contributed by atoms with van der Waals surface area (Å²) in [5.41, 5.74) is 2.13. The van der Waals surface area contributed by atoms with Crippen molar-refractivity contribution in [2.45, 2.75) is 32.9 Å². The van der Waals surface area contributed by atoms with Gasteiger partial charge in [0, 0.05) is 24.6 Å². The SMILES string of the molecule is CC(C)(C)OC(=O)c1ccc(NCc2cccnc2)cc1. The number of hydrogen-bond donors (Lipinski definition) is 1. The number of anilines is 1. The number of aromatic nitrogens is 1. The molecule has 0 aliphatic carbocycles. The molecule has 0 fully saturated rings. The first-order valence-electron chi connectivity index (χ1n) is 6.90. The Morgan fingerprint density at radius 1 is 1.19 bits per heavy atom. The molecule has 1 heterocycles. The topological polar surface area (TPSA) is 51.2 Å². The lowest BCUT2D eigenvalue weighted by atomic mass is 10.1. The summed E-state index contributed by atoms with van der Waals surface area (Å²) in [6, 6.07) is 11.2. The van der Waals surface area contributed by atoms with Crippen LogP contribution in [0.1, 0.15) is 36.7 Å². The number of nitrogens with zero attached hydrogens (tertiary/aromatic N) is 1. The summed E-state index contributed by atoms with van der Waals surface area (Å²) in [6.07, 6.45) is 3.57. The molecule has 0 aliphatic heterocycles. The maximum atomic E-state index is 11.9. The molecule has 0 bridgehead atoms. The molecular formula is C17H20N2O2. The fraction of sp³-hybridized carbons (Fsp3) is 0.294. The van der Waals surface area contributed by atoms with Gasteiger partial charge in [0.05, 0.1) is 5.56 Å². The minimum atomic E-state index is -0.478. The molecule has 1 aromatic heterocycles. The molecule has 1 aromatic carbocycles. The Kier molecular flexibility index (Phi) is 4.58. The second-order valence-electron chi connectivity index (χ2n) is 5.79.